The summed E-state index contributed by atoms with van der Waals surface area (Å²) in [5, 5.41) is 2.15. The summed E-state index contributed by atoms with van der Waals surface area (Å²) in [6.07, 6.45) is 0. The Morgan fingerprint density at radius 1 is 1.00 bits per heavy atom. The molecule has 33 heavy (non-hydrogen) atoms. The van der Waals surface area contributed by atoms with E-state index in [1.165, 1.54) is 11.8 Å². The van der Waals surface area contributed by atoms with Crippen LogP contribution in [-0.2, 0) is 4.79 Å². The average molecular weight is 494 g/mol. The number of benzene rings is 3. The molecule has 0 aliphatic carbocycles. The van der Waals surface area contributed by atoms with Gasteiger partial charge in [-0.2, -0.15) is 0 Å². The van der Waals surface area contributed by atoms with Crippen LogP contribution in [0.4, 0.5) is 17.1 Å². The summed E-state index contributed by atoms with van der Waals surface area (Å²) >= 11 is 9.18. The van der Waals surface area contributed by atoms with E-state index in [0.717, 1.165) is 38.3 Å². The first-order valence-corrected chi connectivity index (χ1v) is 12.2. The van der Waals surface area contributed by atoms with E-state index in [1.807, 2.05) is 85.6 Å². The normalized spacial score (nSPS) is 18.9. The number of hydrogen-bond donors (Lipinski definition) is 0. The third kappa shape index (κ3) is 4.12. The van der Waals surface area contributed by atoms with E-state index in [1.54, 1.807) is 23.8 Å². The van der Waals surface area contributed by atoms with Crippen molar-refractivity contribution in [3.63, 3.8) is 0 Å². The lowest BCUT2D eigenvalue weighted by Crippen LogP contribution is -2.29. The second-order valence-corrected chi connectivity index (χ2v) is 10.0. The zero-order valence-corrected chi connectivity index (χ0v) is 20.6. The summed E-state index contributed by atoms with van der Waals surface area (Å²) in [4.78, 5) is 24.0. The van der Waals surface area contributed by atoms with Crippen molar-refractivity contribution in [3.05, 3.63) is 87.3 Å². The Morgan fingerprint density at radius 3 is 2.52 bits per heavy atom. The number of hydrogen-bond acceptors (Lipinski definition) is 6. The smallest absolute Gasteiger partial charge is 0.274 e. The van der Waals surface area contributed by atoms with E-state index in [0.29, 0.717) is 15.1 Å². The van der Waals surface area contributed by atoms with Crippen LogP contribution in [-0.4, -0.2) is 25.2 Å². The Hall–Kier alpha value is -2.87. The van der Waals surface area contributed by atoms with Gasteiger partial charge in [-0.1, -0.05) is 35.5 Å². The maximum absolute atomic E-state index is 13.7. The molecule has 2 aliphatic rings. The Bertz CT molecular complexity index is 1320. The largest absolute Gasteiger partial charge is 0.497 e. The lowest BCUT2D eigenvalue weighted by Gasteiger charge is -2.17. The van der Waals surface area contributed by atoms with Crippen molar-refractivity contribution < 1.29 is 9.53 Å². The molecule has 0 spiro atoms. The number of carbonyl (C=O) groups is 1. The van der Waals surface area contributed by atoms with Crippen LogP contribution in [0.1, 0.15) is 5.56 Å². The Morgan fingerprint density at radius 2 is 1.79 bits per heavy atom. The fourth-order valence-corrected chi connectivity index (χ4v) is 6.15. The highest BCUT2D eigenvalue weighted by atomic mass is 35.5. The highest BCUT2D eigenvalue weighted by molar-refractivity contribution is 8.20. The van der Waals surface area contributed by atoms with Gasteiger partial charge in [-0.25, -0.2) is 4.99 Å². The van der Waals surface area contributed by atoms with Crippen LogP contribution in [0.3, 0.4) is 0 Å². The monoisotopic (exact) mass is 493 g/mol. The Labute approximate surface area is 206 Å². The standard InChI is InChI=1S/C25H20ClN3O2S2/c1-15-5-4-6-18(13-15)29-23(30)22(24-28(2)20-14-16(26)7-12-21(20)32-24)33-25(29)27-17-8-10-19(31-3)11-9-17/h4-14H,1-3H3. The minimum atomic E-state index is -0.0916. The van der Waals surface area contributed by atoms with Crippen molar-refractivity contribution in [1.29, 1.82) is 0 Å². The number of amides is 1. The van der Waals surface area contributed by atoms with Gasteiger partial charge in [0.2, 0.25) is 0 Å². The number of rotatable bonds is 3. The summed E-state index contributed by atoms with van der Waals surface area (Å²) in [5.41, 5.74) is 3.61. The summed E-state index contributed by atoms with van der Waals surface area (Å²) in [5.74, 6) is 0.666. The van der Waals surface area contributed by atoms with Gasteiger partial charge < -0.3 is 9.64 Å². The first kappa shape index (κ1) is 21.9. The zero-order valence-electron chi connectivity index (χ0n) is 18.2. The average Bonchev–Trinajstić information content (AvgIpc) is 3.30. The van der Waals surface area contributed by atoms with E-state index >= 15 is 0 Å². The number of halogens is 1. The van der Waals surface area contributed by atoms with E-state index < -0.39 is 0 Å². The number of aliphatic imine (C=N–C) groups is 1. The number of amidine groups is 1. The molecule has 0 bridgehead atoms. The number of anilines is 2. The SMILES string of the molecule is COc1ccc(N=C2SC(=C3Sc4ccc(Cl)cc4N3C)C(=O)N2c2cccc(C)c2)cc1. The maximum Gasteiger partial charge on any atom is 0.274 e. The van der Waals surface area contributed by atoms with Crippen molar-refractivity contribution >= 4 is 63.3 Å². The lowest BCUT2D eigenvalue weighted by atomic mass is 10.2. The molecule has 2 heterocycles. The highest BCUT2D eigenvalue weighted by Crippen LogP contribution is 2.51. The van der Waals surface area contributed by atoms with E-state index in [9.17, 15) is 4.79 Å². The van der Waals surface area contributed by atoms with Crippen molar-refractivity contribution in [3.8, 4) is 5.75 Å². The topological polar surface area (TPSA) is 45.1 Å². The van der Waals surface area contributed by atoms with Gasteiger partial charge in [-0.15, -0.1) is 0 Å². The van der Waals surface area contributed by atoms with Gasteiger partial charge in [-0.3, -0.25) is 9.69 Å². The van der Waals surface area contributed by atoms with Crippen LogP contribution in [0, 0.1) is 6.92 Å². The van der Waals surface area contributed by atoms with E-state index in [-0.39, 0.29) is 5.91 Å². The molecular weight excluding hydrogens is 474 g/mol. The van der Waals surface area contributed by atoms with Crippen LogP contribution < -0.4 is 14.5 Å². The molecule has 0 saturated carbocycles. The molecule has 166 valence electrons. The minimum absolute atomic E-state index is 0.0916. The molecule has 8 heteroatoms. The highest BCUT2D eigenvalue weighted by Gasteiger charge is 2.40. The zero-order chi connectivity index (χ0) is 23.1. The number of ether oxygens (including phenoxy) is 1. The number of aryl methyl sites for hydroxylation is 1. The molecule has 3 aromatic carbocycles. The van der Waals surface area contributed by atoms with Gasteiger partial charge in [0.25, 0.3) is 5.91 Å². The van der Waals surface area contributed by atoms with Crippen LogP contribution in [0.25, 0.3) is 0 Å². The summed E-state index contributed by atoms with van der Waals surface area (Å²) in [6.45, 7) is 2.01. The third-order valence-corrected chi connectivity index (χ3v) is 7.96. The van der Waals surface area contributed by atoms with Gasteiger partial charge in [0, 0.05) is 17.0 Å². The van der Waals surface area contributed by atoms with Crippen LogP contribution >= 0.6 is 35.1 Å². The maximum atomic E-state index is 13.7. The van der Waals surface area contributed by atoms with E-state index in [2.05, 4.69) is 0 Å². The summed E-state index contributed by atoms with van der Waals surface area (Å²) in [7, 11) is 3.59. The third-order valence-electron chi connectivity index (χ3n) is 5.33. The van der Waals surface area contributed by atoms with Crippen LogP contribution in [0.5, 0.6) is 5.75 Å². The molecule has 0 aromatic heterocycles. The molecule has 0 unspecified atom stereocenters. The molecular formula is C25H20ClN3O2S2. The van der Waals surface area contributed by atoms with Crippen molar-refractivity contribution in [2.45, 2.75) is 11.8 Å². The van der Waals surface area contributed by atoms with Gasteiger partial charge in [0.15, 0.2) is 5.17 Å². The lowest BCUT2D eigenvalue weighted by molar-refractivity contribution is -0.113. The fraction of sp³-hybridized carbons (Fsp3) is 0.120. The second-order valence-electron chi connectivity index (χ2n) is 7.58. The van der Waals surface area contributed by atoms with Gasteiger partial charge in [0.1, 0.15) is 10.7 Å². The number of thioether (sulfide) groups is 2. The first-order valence-electron chi connectivity index (χ1n) is 10.2. The molecule has 5 rings (SSSR count). The van der Waals surface area contributed by atoms with Gasteiger partial charge in [0.05, 0.1) is 29.2 Å². The number of fused-ring (bicyclic) bond motifs is 1. The van der Waals surface area contributed by atoms with Crippen LogP contribution in [0.15, 0.2) is 86.6 Å². The van der Waals surface area contributed by atoms with Crippen molar-refractivity contribution in [1.82, 2.24) is 0 Å². The molecule has 0 N–H and O–H groups in total. The number of nitrogens with zero attached hydrogens (tertiary/aromatic N) is 3. The number of methoxy groups -OCH3 is 1. The minimum Gasteiger partial charge on any atom is -0.497 e. The molecule has 5 nitrogen and oxygen atoms in total. The predicted molar refractivity (Wildman–Crippen MR) is 139 cm³/mol. The van der Waals surface area contributed by atoms with Gasteiger partial charge in [-0.05, 0) is 78.8 Å². The summed E-state index contributed by atoms with van der Waals surface area (Å²) in [6, 6.07) is 21.1. The molecule has 0 atom stereocenters. The van der Waals surface area contributed by atoms with Crippen LogP contribution in [0.2, 0.25) is 5.02 Å². The molecule has 2 aliphatic heterocycles. The fourth-order valence-electron chi connectivity index (χ4n) is 3.66. The molecule has 1 saturated heterocycles. The quantitative estimate of drug-likeness (QED) is 0.374. The Balaban J connectivity index is 1.60. The summed E-state index contributed by atoms with van der Waals surface area (Å²) < 4.78 is 5.25. The molecule has 1 amide bonds. The molecule has 3 aromatic rings. The Kier molecular flexibility index (Phi) is 5.86. The van der Waals surface area contributed by atoms with E-state index in [4.69, 9.17) is 21.3 Å². The molecule has 1 fully saturated rings. The number of carbonyl (C=O) groups excluding carboxylic acids is 1. The first-order chi connectivity index (χ1) is 15.9. The van der Waals surface area contributed by atoms with Crippen molar-refractivity contribution in [2.24, 2.45) is 4.99 Å². The van der Waals surface area contributed by atoms with Gasteiger partial charge >= 0.3 is 0 Å². The van der Waals surface area contributed by atoms with Crippen molar-refractivity contribution in [2.75, 3.05) is 24.0 Å². The predicted octanol–water partition coefficient (Wildman–Crippen LogP) is 6.84. The molecule has 0 radical (unpaired) electrons. The second kappa shape index (κ2) is 8.82.